The highest BCUT2D eigenvalue weighted by atomic mass is 79.9. The molecule has 1 aromatic heterocycles. The van der Waals surface area contributed by atoms with Crippen molar-refractivity contribution in [2.24, 2.45) is 0 Å². The van der Waals surface area contributed by atoms with Crippen molar-refractivity contribution < 1.29 is 15.0 Å². The van der Waals surface area contributed by atoms with Gasteiger partial charge < -0.3 is 10.2 Å². The van der Waals surface area contributed by atoms with Crippen LogP contribution in [0.15, 0.2) is 28.9 Å². The van der Waals surface area contributed by atoms with Crippen LogP contribution in [-0.4, -0.2) is 20.9 Å². The molecule has 0 unspecified atom stereocenters. The van der Waals surface area contributed by atoms with E-state index in [2.05, 4.69) is 15.9 Å². The first-order valence-corrected chi connectivity index (χ1v) is 4.62. The first kappa shape index (κ1) is 9.08. The van der Waals surface area contributed by atoms with E-state index in [1.165, 1.54) is 18.3 Å². The van der Waals surface area contributed by atoms with Crippen LogP contribution in [0.5, 0.6) is 5.75 Å². The molecule has 0 spiro atoms. The van der Waals surface area contributed by atoms with Crippen molar-refractivity contribution in [3.63, 3.8) is 0 Å². The zero-order chi connectivity index (χ0) is 10.3. The van der Waals surface area contributed by atoms with Gasteiger partial charge in [0.1, 0.15) is 5.75 Å². The third-order valence-corrected chi connectivity index (χ3v) is 2.58. The van der Waals surface area contributed by atoms with Crippen LogP contribution in [0.25, 0.3) is 10.9 Å². The van der Waals surface area contributed by atoms with Crippen molar-refractivity contribution in [2.75, 3.05) is 0 Å². The number of benzene rings is 1. The molecule has 1 heterocycles. The minimum Gasteiger partial charge on any atom is -0.508 e. The molecule has 5 heteroatoms. The van der Waals surface area contributed by atoms with E-state index in [1.807, 2.05) is 0 Å². The van der Waals surface area contributed by atoms with E-state index < -0.39 is 6.09 Å². The third kappa shape index (κ3) is 1.26. The second-order valence-corrected chi connectivity index (χ2v) is 3.69. The standard InChI is InChI=1S/C9H6BrNO3/c10-7-4-11(9(13)14)8-3-5(12)1-2-6(7)8/h1-4,12H,(H,13,14). The highest BCUT2D eigenvalue weighted by molar-refractivity contribution is 9.10. The number of hydrogen-bond donors (Lipinski definition) is 2. The summed E-state index contributed by atoms with van der Waals surface area (Å²) in [5, 5.41) is 18.8. The number of aromatic hydroxyl groups is 1. The van der Waals surface area contributed by atoms with Gasteiger partial charge in [-0.15, -0.1) is 0 Å². The number of carbonyl (C=O) groups is 1. The lowest BCUT2D eigenvalue weighted by Gasteiger charge is -1.97. The molecule has 0 bridgehead atoms. The fourth-order valence-electron chi connectivity index (χ4n) is 1.33. The monoisotopic (exact) mass is 255 g/mol. The van der Waals surface area contributed by atoms with Gasteiger partial charge in [0.05, 0.1) is 5.52 Å². The maximum absolute atomic E-state index is 10.8. The smallest absolute Gasteiger partial charge is 0.416 e. The molecule has 14 heavy (non-hydrogen) atoms. The molecule has 4 nitrogen and oxygen atoms in total. The molecule has 0 aliphatic carbocycles. The van der Waals surface area contributed by atoms with Crippen molar-refractivity contribution >= 4 is 32.9 Å². The van der Waals surface area contributed by atoms with E-state index in [0.717, 1.165) is 9.95 Å². The van der Waals surface area contributed by atoms with Gasteiger partial charge in [-0.3, -0.25) is 4.57 Å². The second kappa shape index (κ2) is 3.02. The Balaban J connectivity index is 2.85. The first-order valence-electron chi connectivity index (χ1n) is 3.82. The van der Waals surface area contributed by atoms with E-state index in [0.29, 0.717) is 9.99 Å². The average molecular weight is 256 g/mol. The summed E-state index contributed by atoms with van der Waals surface area (Å²) in [4.78, 5) is 10.8. The number of aromatic nitrogens is 1. The second-order valence-electron chi connectivity index (χ2n) is 2.83. The number of carboxylic acid groups (broad SMARTS) is 1. The summed E-state index contributed by atoms with van der Waals surface area (Å²) in [5.74, 6) is 0.0469. The number of nitrogens with zero attached hydrogens (tertiary/aromatic N) is 1. The normalized spacial score (nSPS) is 10.6. The summed E-state index contributed by atoms with van der Waals surface area (Å²) in [6, 6.07) is 4.59. The fourth-order valence-corrected chi connectivity index (χ4v) is 1.87. The van der Waals surface area contributed by atoms with Crippen molar-refractivity contribution in [1.29, 1.82) is 0 Å². The lowest BCUT2D eigenvalue weighted by atomic mass is 10.2. The molecule has 0 aliphatic heterocycles. The van der Waals surface area contributed by atoms with Gasteiger partial charge in [-0.1, -0.05) is 0 Å². The highest BCUT2D eigenvalue weighted by Gasteiger charge is 2.11. The van der Waals surface area contributed by atoms with Gasteiger partial charge in [0.25, 0.3) is 0 Å². The van der Waals surface area contributed by atoms with Crippen LogP contribution in [0, 0.1) is 0 Å². The van der Waals surface area contributed by atoms with Crippen LogP contribution in [0.2, 0.25) is 0 Å². The number of halogens is 1. The Hall–Kier alpha value is -1.49. The van der Waals surface area contributed by atoms with Crippen LogP contribution in [0.4, 0.5) is 4.79 Å². The summed E-state index contributed by atoms with van der Waals surface area (Å²) in [5.41, 5.74) is 0.462. The van der Waals surface area contributed by atoms with Gasteiger partial charge >= 0.3 is 6.09 Å². The molecule has 0 amide bonds. The SMILES string of the molecule is O=C(O)n1cc(Br)c2ccc(O)cc21. The topological polar surface area (TPSA) is 62.5 Å². The summed E-state index contributed by atoms with van der Waals surface area (Å²) >= 11 is 3.24. The number of phenols is 1. The first-order chi connectivity index (χ1) is 6.59. The highest BCUT2D eigenvalue weighted by Crippen LogP contribution is 2.28. The maximum Gasteiger partial charge on any atom is 0.416 e. The van der Waals surface area contributed by atoms with E-state index in [1.54, 1.807) is 6.07 Å². The minimum absolute atomic E-state index is 0.0469. The predicted octanol–water partition coefficient (Wildman–Crippen LogP) is 2.64. The van der Waals surface area contributed by atoms with Crippen LogP contribution >= 0.6 is 15.9 Å². The molecule has 2 aromatic rings. The predicted molar refractivity (Wildman–Crippen MR) is 54.7 cm³/mol. The van der Waals surface area contributed by atoms with Crippen LogP contribution < -0.4 is 0 Å². The van der Waals surface area contributed by atoms with Gasteiger partial charge in [0.15, 0.2) is 0 Å². The number of phenolic OH excluding ortho intramolecular Hbond substituents is 1. The van der Waals surface area contributed by atoms with Gasteiger partial charge in [-0.2, -0.15) is 0 Å². The van der Waals surface area contributed by atoms with E-state index in [4.69, 9.17) is 5.11 Å². The Kier molecular flexibility index (Phi) is 1.96. The Bertz CT molecular complexity index is 518. The Morgan fingerprint density at radius 3 is 2.79 bits per heavy atom. The van der Waals surface area contributed by atoms with Crippen LogP contribution in [0.1, 0.15) is 0 Å². The van der Waals surface area contributed by atoms with E-state index in [-0.39, 0.29) is 5.75 Å². The Labute approximate surface area is 87.5 Å². The molecule has 0 saturated heterocycles. The van der Waals surface area contributed by atoms with Crippen LogP contribution in [-0.2, 0) is 0 Å². The maximum atomic E-state index is 10.8. The molecule has 0 radical (unpaired) electrons. The Morgan fingerprint density at radius 2 is 2.14 bits per heavy atom. The number of rotatable bonds is 0. The molecule has 2 N–H and O–H groups in total. The zero-order valence-corrected chi connectivity index (χ0v) is 8.52. The molecule has 2 rings (SSSR count). The number of fused-ring (bicyclic) bond motifs is 1. The zero-order valence-electron chi connectivity index (χ0n) is 6.94. The quantitative estimate of drug-likeness (QED) is 0.761. The van der Waals surface area contributed by atoms with E-state index in [9.17, 15) is 9.90 Å². The summed E-state index contributed by atoms with van der Waals surface area (Å²) < 4.78 is 1.74. The van der Waals surface area contributed by atoms with Gasteiger partial charge in [0.2, 0.25) is 0 Å². The lowest BCUT2D eigenvalue weighted by Crippen LogP contribution is -2.05. The van der Waals surface area contributed by atoms with Crippen molar-refractivity contribution in [3.05, 3.63) is 28.9 Å². The third-order valence-electron chi connectivity index (χ3n) is 1.95. The molecular weight excluding hydrogens is 250 g/mol. The van der Waals surface area contributed by atoms with Gasteiger partial charge in [0, 0.05) is 22.1 Å². The average Bonchev–Trinajstić information content (AvgIpc) is 2.43. The summed E-state index contributed by atoms with van der Waals surface area (Å²) in [6.07, 6.45) is 0.373. The molecular formula is C9H6BrNO3. The molecule has 0 fully saturated rings. The summed E-state index contributed by atoms with van der Waals surface area (Å²) in [7, 11) is 0. The lowest BCUT2D eigenvalue weighted by molar-refractivity contribution is 0.197. The molecule has 0 saturated carbocycles. The van der Waals surface area contributed by atoms with E-state index >= 15 is 0 Å². The van der Waals surface area contributed by atoms with Crippen molar-refractivity contribution in [3.8, 4) is 5.75 Å². The molecule has 1 aromatic carbocycles. The fraction of sp³-hybridized carbons (Fsp3) is 0. The minimum atomic E-state index is -1.08. The number of hydrogen-bond acceptors (Lipinski definition) is 2. The molecule has 0 atom stereocenters. The van der Waals surface area contributed by atoms with Crippen molar-refractivity contribution in [2.45, 2.75) is 0 Å². The van der Waals surface area contributed by atoms with Crippen LogP contribution in [0.3, 0.4) is 0 Å². The largest absolute Gasteiger partial charge is 0.508 e. The molecule has 72 valence electrons. The van der Waals surface area contributed by atoms with Gasteiger partial charge in [-0.05, 0) is 28.1 Å². The Morgan fingerprint density at radius 1 is 1.43 bits per heavy atom. The summed E-state index contributed by atoms with van der Waals surface area (Å²) in [6.45, 7) is 0. The van der Waals surface area contributed by atoms with Crippen molar-refractivity contribution in [1.82, 2.24) is 4.57 Å². The van der Waals surface area contributed by atoms with Gasteiger partial charge in [-0.25, -0.2) is 4.79 Å². The molecule has 0 aliphatic rings.